The van der Waals surface area contributed by atoms with Gasteiger partial charge in [-0.25, -0.2) is 0 Å². The normalized spacial score (nSPS) is 12.4. The highest BCUT2D eigenvalue weighted by Gasteiger charge is 2.10. The molecule has 1 atom stereocenters. The van der Waals surface area contributed by atoms with Gasteiger partial charge in [-0.2, -0.15) is 11.8 Å². The zero-order valence-electron chi connectivity index (χ0n) is 9.99. The molecule has 4 heteroatoms. The van der Waals surface area contributed by atoms with Crippen LogP contribution in [-0.2, 0) is 0 Å². The van der Waals surface area contributed by atoms with Crippen LogP contribution in [0.15, 0.2) is 18.2 Å². The van der Waals surface area contributed by atoms with Crippen LogP contribution in [0.5, 0.6) is 11.5 Å². The van der Waals surface area contributed by atoms with E-state index in [1.165, 1.54) is 0 Å². The molecule has 16 heavy (non-hydrogen) atoms. The van der Waals surface area contributed by atoms with Crippen LogP contribution in [-0.4, -0.2) is 30.8 Å². The molecule has 0 saturated heterocycles. The van der Waals surface area contributed by atoms with E-state index in [9.17, 15) is 5.11 Å². The van der Waals surface area contributed by atoms with Crippen molar-refractivity contribution in [2.24, 2.45) is 0 Å². The highest BCUT2D eigenvalue weighted by Crippen LogP contribution is 2.28. The fraction of sp³-hybridized carbons (Fsp3) is 0.500. The minimum Gasteiger partial charge on any atom is -0.508 e. The summed E-state index contributed by atoms with van der Waals surface area (Å²) < 4.78 is 5.14. The lowest BCUT2D eigenvalue weighted by atomic mass is 10.1. The molecule has 3 nitrogen and oxygen atoms in total. The molecule has 0 aliphatic carbocycles. The monoisotopic (exact) mass is 241 g/mol. The van der Waals surface area contributed by atoms with Crippen LogP contribution >= 0.6 is 11.8 Å². The van der Waals surface area contributed by atoms with Crippen LogP contribution in [0.3, 0.4) is 0 Å². The summed E-state index contributed by atoms with van der Waals surface area (Å²) in [5, 5.41) is 13.1. The maximum Gasteiger partial charge on any atom is 0.120 e. The molecule has 1 aromatic rings. The molecular formula is C12H19NO2S. The topological polar surface area (TPSA) is 41.5 Å². The summed E-state index contributed by atoms with van der Waals surface area (Å²) in [5.41, 5.74) is 0.875. The third-order valence-electron chi connectivity index (χ3n) is 2.46. The summed E-state index contributed by atoms with van der Waals surface area (Å²) in [4.78, 5) is 0. The van der Waals surface area contributed by atoms with Crippen molar-refractivity contribution in [2.75, 3.05) is 25.7 Å². The van der Waals surface area contributed by atoms with Crippen molar-refractivity contribution in [3.8, 4) is 11.5 Å². The van der Waals surface area contributed by atoms with Crippen molar-refractivity contribution in [2.45, 2.75) is 13.0 Å². The first-order chi connectivity index (χ1) is 7.69. The Bertz CT molecular complexity index is 331. The molecule has 0 spiro atoms. The first-order valence-corrected chi connectivity index (χ1v) is 6.67. The molecule has 1 aromatic carbocycles. The highest BCUT2D eigenvalue weighted by atomic mass is 32.2. The Hall–Kier alpha value is -0.870. The van der Waals surface area contributed by atoms with Gasteiger partial charge in [0.15, 0.2) is 0 Å². The maximum atomic E-state index is 9.76. The number of methoxy groups -OCH3 is 1. The number of ether oxygens (including phenoxy) is 1. The average Bonchev–Trinajstić information content (AvgIpc) is 2.30. The standard InChI is InChI=1S/C12H19NO2S/c1-9(13-6-7-16-3)11-8-10(15-2)4-5-12(11)14/h4-5,8-9,13-14H,6-7H2,1-3H3. The van der Waals surface area contributed by atoms with Gasteiger partial charge >= 0.3 is 0 Å². The second kappa shape index (κ2) is 6.66. The van der Waals surface area contributed by atoms with E-state index in [-0.39, 0.29) is 6.04 Å². The zero-order valence-corrected chi connectivity index (χ0v) is 10.8. The summed E-state index contributed by atoms with van der Waals surface area (Å²) in [7, 11) is 1.63. The van der Waals surface area contributed by atoms with E-state index < -0.39 is 0 Å². The predicted octanol–water partition coefficient (Wildman–Crippen LogP) is 2.41. The van der Waals surface area contributed by atoms with Crippen molar-refractivity contribution < 1.29 is 9.84 Å². The third-order valence-corrected chi connectivity index (χ3v) is 3.07. The number of phenolic OH excluding ortho intramolecular Hbond substituents is 1. The van der Waals surface area contributed by atoms with Crippen LogP contribution in [0, 0.1) is 0 Å². The van der Waals surface area contributed by atoms with Gasteiger partial charge in [0, 0.05) is 23.9 Å². The average molecular weight is 241 g/mol. The minimum atomic E-state index is 0.127. The Balaban J connectivity index is 2.69. The van der Waals surface area contributed by atoms with E-state index in [0.717, 1.165) is 23.6 Å². The summed E-state index contributed by atoms with van der Waals surface area (Å²) in [6.07, 6.45) is 2.08. The summed E-state index contributed by atoms with van der Waals surface area (Å²) in [5.74, 6) is 2.14. The van der Waals surface area contributed by atoms with E-state index in [1.807, 2.05) is 13.0 Å². The summed E-state index contributed by atoms with van der Waals surface area (Å²) in [6.45, 7) is 2.97. The highest BCUT2D eigenvalue weighted by molar-refractivity contribution is 7.98. The summed E-state index contributed by atoms with van der Waals surface area (Å²) >= 11 is 1.80. The van der Waals surface area contributed by atoms with Crippen LogP contribution < -0.4 is 10.1 Å². The fourth-order valence-electron chi connectivity index (χ4n) is 1.49. The molecule has 90 valence electrons. The lowest BCUT2D eigenvalue weighted by Gasteiger charge is -2.16. The molecule has 0 aromatic heterocycles. The molecule has 0 bridgehead atoms. The lowest BCUT2D eigenvalue weighted by molar-refractivity contribution is 0.408. The molecule has 1 rings (SSSR count). The second-order valence-electron chi connectivity index (χ2n) is 3.59. The number of rotatable bonds is 6. The Morgan fingerprint density at radius 1 is 1.50 bits per heavy atom. The van der Waals surface area contributed by atoms with Crippen molar-refractivity contribution in [1.29, 1.82) is 0 Å². The van der Waals surface area contributed by atoms with Gasteiger partial charge in [-0.3, -0.25) is 0 Å². The van der Waals surface area contributed by atoms with Crippen LogP contribution in [0.2, 0.25) is 0 Å². The number of nitrogens with one attached hydrogen (secondary N) is 1. The van der Waals surface area contributed by atoms with Crippen molar-refractivity contribution in [3.05, 3.63) is 23.8 Å². The van der Waals surface area contributed by atoms with Gasteiger partial charge in [0.2, 0.25) is 0 Å². The lowest BCUT2D eigenvalue weighted by Crippen LogP contribution is -2.21. The Morgan fingerprint density at radius 3 is 2.88 bits per heavy atom. The van der Waals surface area contributed by atoms with Crippen LogP contribution in [0.25, 0.3) is 0 Å². The van der Waals surface area contributed by atoms with Crippen molar-refractivity contribution in [3.63, 3.8) is 0 Å². The number of hydrogen-bond acceptors (Lipinski definition) is 4. The fourth-order valence-corrected chi connectivity index (χ4v) is 1.82. The van der Waals surface area contributed by atoms with Gasteiger partial charge < -0.3 is 15.2 Å². The summed E-state index contributed by atoms with van der Waals surface area (Å²) in [6, 6.07) is 5.42. The van der Waals surface area contributed by atoms with E-state index in [2.05, 4.69) is 11.6 Å². The number of hydrogen-bond donors (Lipinski definition) is 2. The number of benzene rings is 1. The number of aromatic hydroxyl groups is 1. The largest absolute Gasteiger partial charge is 0.508 e. The van der Waals surface area contributed by atoms with Crippen LogP contribution in [0.4, 0.5) is 0 Å². The molecule has 0 aliphatic rings. The van der Waals surface area contributed by atoms with Gasteiger partial charge in [0.25, 0.3) is 0 Å². The Kier molecular flexibility index (Phi) is 5.49. The second-order valence-corrected chi connectivity index (χ2v) is 4.58. The molecule has 0 radical (unpaired) electrons. The van der Waals surface area contributed by atoms with E-state index in [1.54, 1.807) is 31.0 Å². The molecule has 0 fully saturated rings. The molecular weight excluding hydrogens is 222 g/mol. The smallest absolute Gasteiger partial charge is 0.120 e. The maximum absolute atomic E-state index is 9.76. The number of thioether (sulfide) groups is 1. The van der Waals surface area contributed by atoms with Crippen molar-refractivity contribution >= 4 is 11.8 Å². The van der Waals surface area contributed by atoms with Gasteiger partial charge in [0.1, 0.15) is 11.5 Å². The SMILES string of the molecule is COc1ccc(O)c(C(C)NCCSC)c1. The van der Waals surface area contributed by atoms with E-state index in [4.69, 9.17) is 4.74 Å². The van der Waals surface area contributed by atoms with Crippen molar-refractivity contribution in [1.82, 2.24) is 5.32 Å². The molecule has 0 aliphatic heterocycles. The molecule has 0 saturated carbocycles. The molecule has 1 unspecified atom stereocenters. The first-order valence-electron chi connectivity index (χ1n) is 5.28. The molecule has 0 heterocycles. The van der Waals surface area contributed by atoms with Gasteiger partial charge in [0.05, 0.1) is 7.11 Å². The molecule has 0 amide bonds. The number of phenols is 1. The predicted molar refractivity (Wildman–Crippen MR) is 69.5 cm³/mol. The Labute approximate surface area is 101 Å². The molecule has 2 N–H and O–H groups in total. The minimum absolute atomic E-state index is 0.127. The quantitative estimate of drug-likeness (QED) is 0.751. The van der Waals surface area contributed by atoms with Crippen LogP contribution in [0.1, 0.15) is 18.5 Å². The van der Waals surface area contributed by atoms with Gasteiger partial charge in [-0.15, -0.1) is 0 Å². The first kappa shape index (κ1) is 13.2. The third kappa shape index (κ3) is 3.61. The zero-order chi connectivity index (χ0) is 12.0. The Morgan fingerprint density at radius 2 is 2.25 bits per heavy atom. The van der Waals surface area contributed by atoms with E-state index >= 15 is 0 Å². The van der Waals surface area contributed by atoms with Gasteiger partial charge in [-0.05, 0) is 31.4 Å². The van der Waals surface area contributed by atoms with E-state index in [0.29, 0.717) is 5.75 Å². The van der Waals surface area contributed by atoms with Gasteiger partial charge in [-0.1, -0.05) is 0 Å².